The molecule has 0 unspecified atom stereocenters. The van der Waals surface area contributed by atoms with Crippen molar-refractivity contribution >= 4 is 27.3 Å². The fraction of sp³-hybridized carbons (Fsp3) is 0.421. The van der Waals surface area contributed by atoms with Crippen molar-refractivity contribution in [1.82, 2.24) is 4.98 Å². The number of aliphatic hydroxyl groups excluding tert-OH is 1. The van der Waals surface area contributed by atoms with Gasteiger partial charge in [-0.2, -0.15) is 18.2 Å². The summed E-state index contributed by atoms with van der Waals surface area (Å²) in [6.45, 7) is 11.7. The Balaban J connectivity index is 0.000000274. The van der Waals surface area contributed by atoms with Crippen LogP contribution in [0, 0.1) is 16.9 Å². The third kappa shape index (κ3) is 8.77. The van der Waals surface area contributed by atoms with Crippen molar-refractivity contribution in [2.24, 2.45) is 10.8 Å². The smallest absolute Gasteiger partial charge is 0.217 e. The monoisotopic (exact) mass is 757 g/mol. The summed E-state index contributed by atoms with van der Waals surface area (Å²) in [5.74, 6) is 2.20. The van der Waals surface area contributed by atoms with Crippen LogP contribution in [0.5, 0.6) is 11.6 Å². The summed E-state index contributed by atoms with van der Waals surface area (Å²) in [6.07, 6.45) is 11.6. The molecule has 0 bridgehead atoms. The second-order valence-corrected chi connectivity index (χ2v) is 12.8. The van der Waals surface area contributed by atoms with E-state index in [0.29, 0.717) is 17.5 Å². The van der Waals surface area contributed by atoms with Gasteiger partial charge >= 0.3 is 0 Å². The fourth-order valence-electron chi connectivity index (χ4n) is 5.11. The van der Waals surface area contributed by atoms with E-state index < -0.39 is 0 Å². The molecule has 1 saturated carbocycles. The predicted molar refractivity (Wildman–Crippen MR) is 174 cm³/mol. The number of rotatable bonds is 8. The molecule has 0 spiro atoms. The largest absolute Gasteiger partial charge is 0.512 e. The molecule has 0 amide bonds. The number of para-hydroxylation sites is 1. The zero-order valence-corrected chi connectivity index (χ0v) is 28.9. The topological polar surface area (TPSA) is 59.4 Å². The average molecular weight is 757 g/mol. The number of hydrogen-bond acceptors (Lipinski definition) is 4. The normalized spacial score (nSPS) is 14.5. The standard InChI is InChI=1S/C25H22NO.C13H24O2.Ir/c1-3-7-18(8-4-1)20-13-11-19-12-14-21-17-26-25(16-24(21)23(19)15-20)27-22-9-5-2-6-10-22;1-7-12(3,4)10(14)9-11(15)13(5,6)8-2;/h2,5-6,9,11-18H,1,3-4,7-8H2;9,14H,7-8H2,1-6H3;/q-1;;/b;10-9-;. The second-order valence-electron chi connectivity index (χ2n) is 12.8. The molecule has 3 aromatic carbocycles. The molecule has 43 heavy (non-hydrogen) atoms. The number of allylic oxidation sites excluding steroid dienone is 2. The van der Waals surface area contributed by atoms with Crippen LogP contribution in [0.4, 0.5) is 0 Å². The molecule has 1 radical (unpaired) electrons. The van der Waals surface area contributed by atoms with Crippen LogP contribution in [0.2, 0.25) is 0 Å². The van der Waals surface area contributed by atoms with E-state index in [-0.39, 0.29) is 42.5 Å². The molecule has 5 heteroatoms. The Kier molecular flexibility index (Phi) is 12.1. The first kappa shape index (κ1) is 34.5. The number of aliphatic hydroxyl groups is 1. The van der Waals surface area contributed by atoms with Gasteiger partial charge in [0, 0.05) is 60.4 Å². The first-order chi connectivity index (χ1) is 20.0. The quantitative estimate of drug-likeness (QED) is 0.0842. The van der Waals surface area contributed by atoms with Crippen molar-refractivity contribution in [3.63, 3.8) is 0 Å². The Morgan fingerprint density at radius 3 is 2.23 bits per heavy atom. The van der Waals surface area contributed by atoms with Gasteiger partial charge in [-0.3, -0.25) is 4.79 Å². The van der Waals surface area contributed by atoms with Crippen LogP contribution < -0.4 is 4.74 Å². The molecule has 4 nitrogen and oxygen atoms in total. The minimum atomic E-state index is -0.377. The molecule has 1 heterocycles. The first-order valence-electron chi connectivity index (χ1n) is 15.5. The molecule has 0 atom stereocenters. The number of pyridine rings is 1. The van der Waals surface area contributed by atoms with Crippen molar-refractivity contribution in [3.05, 3.63) is 90.3 Å². The van der Waals surface area contributed by atoms with E-state index in [1.807, 2.05) is 72.0 Å². The van der Waals surface area contributed by atoms with Crippen molar-refractivity contribution < 1.29 is 34.7 Å². The van der Waals surface area contributed by atoms with Crippen molar-refractivity contribution in [2.75, 3.05) is 0 Å². The number of aromatic nitrogens is 1. The van der Waals surface area contributed by atoms with Crippen LogP contribution in [0.15, 0.2) is 78.7 Å². The molecular weight excluding hydrogens is 711 g/mol. The summed E-state index contributed by atoms with van der Waals surface area (Å²) in [4.78, 5) is 16.3. The van der Waals surface area contributed by atoms with Crippen LogP contribution in [0.3, 0.4) is 0 Å². The zero-order valence-electron chi connectivity index (χ0n) is 26.5. The van der Waals surface area contributed by atoms with Gasteiger partial charge in [0.05, 0.1) is 0 Å². The van der Waals surface area contributed by atoms with Crippen LogP contribution in [-0.4, -0.2) is 15.9 Å². The van der Waals surface area contributed by atoms with Gasteiger partial charge in [0.2, 0.25) is 5.88 Å². The van der Waals surface area contributed by atoms with Gasteiger partial charge in [0.25, 0.3) is 0 Å². The SMILES string of the molecule is CCC(C)(C)C(=O)/C=C(\O)C(C)(C)CC.[Ir].[c-]1ccccc1Oc1cc2c(ccc3ccc(C4CCCCC4)cc32)cn1. The number of hydrogen-bond donors (Lipinski definition) is 1. The third-order valence-electron chi connectivity index (χ3n) is 9.09. The maximum atomic E-state index is 11.8. The van der Waals surface area contributed by atoms with Crippen LogP contribution in [0.1, 0.15) is 98.0 Å². The predicted octanol–water partition coefficient (Wildman–Crippen LogP) is 10.9. The van der Waals surface area contributed by atoms with Gasteiger partial charge in [-0.1, -0.05) is 91.1 Å². The third-order valence-corrected chi connectivity index (χ3v) is 9.09. The zero-order chi connectivity index (χ0) is 30.3. The van der Waals surface area contributed by atoms with Gasteiger partial charge in [0.1, 0.15) is 5.76 Å². The van der Waals surface area contributed by atoms with E-state index in [1.165, 1.54) is 59.9 Å². The van der Waals surface area contributed by atoms with Gasteiger partial charge in [-0.25, -0.2) is 4.98 Å². The summed E-state index contributed by atoms with van der Waals surface area (Å²) in [5.41, 5.74) is 0.794. The number of nitrogens with zero attached hydrogens (tertiary/aromatic N) is 1. The van der Waals surface area contributed by atoms with Crippen molar-refractivity contribution in [2.45, 2.75) is 92.4 Å². The number of carbonyl (C=O) groups is 1. The van der Waals surface area contributed by atoms with Crippen LogP contribution >= 0.6 is 0 Å². The molecule has 1 aliphatic carbocycles. The number of fused-ring (bicyclic) bond motifs is 3. The Labute approximate surface area is 271 Å². The van der Waals surface area contributed by atoms with E-state index in [9.17, 15) is 9.90 Å². The van der Waals surface area contributed by atoms with Crippen molar-refractivity contribution in [1.29, 1.82) is 0 Å². The molecule has 1 N–H and O–H groups in total. The van der Waals surface area contributed by atoms with Gasteiger partial charge in [-0.15, -0.1) is 12.1 Å². The van der Waals surface area contributed by atoms with Gasteiger partial charge in [0.15, 0.2) is 5.78 Å². The van der Waals surface area contributed by atoms with Gasteiger partial charge < -0.3 is 9.84 Å². The molecule has 0 aliphatic heterocycles. The summed E-state index contributed by atoms with van der Waals surface area (Å²) in [6, 6.07) is 24.1. The van der Waals surface area contributed by atoms with Crippen molar-refractivity contribution in [3.8, 4) is 11.6 Å². The molecule has 231 valence electrons. The minimum absolute atomic E-state index is 0. The second kappa shape index (κ2) is 15.1. The summed E-state index contributed by atoms with van der Waals surface area (Å²) < 4.78 is 5.92. The van der Waals surface area contributed by atoms with E-state index in [2.05, 4.69) is 47.4 Å². The summed E-state index contributed by atoms with van der Waals surface area (Å²) in [5, 5.41) is 14.8. The fourth-order valence-corrected chi connectivity index (χ4v) is 5.11. The molecule has 4 aromatic rings. The summed E-state index contributed by atoms with van der Waals surface area (Å²) >= 11 is 0. The number of ketones is 1. The maximum absolute atomic E-state index is 11.8. The minimum Gasteiger partial charge on any atom is -0.512 e. The van der Waals surface area contributed by atoms with E-state index in [4.69, 9.17) is 4.74 Å². The van der Waals surface area contributed by atoms with E-state index in [1.54, 1.807) is 0 Å². The number of benzene rings is 3. The number of ether oxygens (including phenoxy) is 1. The Morgan fingerprint density at radius 2 is 1.58 bits per heavy atom. The average Bonchev–Trinajstić information content (AvgIpc) is 3.01. The molecule has 1 aliphatic rings. The maximum Gasteiger partial charge on any atom is 0.217 e. The van der Waals surface area contributed by atoms with E-state index in [0.717, 1.165) is 18.2 Å². The Morgan fingerprint density at radius 1 is 0.930 bits per heavy atom. The molecule has 1 fully saturated rings. The Bertz CT molecular complexity index is 1540. The summed E-state index contributed by atoms with van der Waals surface area (Å²) in [7, 11) is 0. The van der Waals surface area contributed by atoms with E-state index >= 15 is 0 Å². The molecule has 1 aromatic heterocycles. The first-order valence-corrected chi connectivity index (χ1v) is 15.5. The van der Waals surface area contributed by atoms with Crippen LogP contribution in [0.25, 0.3) is 21.5 Å². The van der Waals surface area contributed by atoms with Crippen LogP contribution in [-0.2, 0) is 24.9 Å². The van der Waals surface area contributed by atoms with Gasteiger partial charge in [-0.05, 0) is 53.3 Å². The molecular formula is C38H46IrNO3-. The number of carbonyl (C=O) groups excluding carboxylic acids is 1. The Hall–Kier alpha value is -3.01. The molecule has 5 rings (SSSR count). The molecule has 0 saturated heterocycles.